The molecule has 0 N–H and O–H groups in total. The Balaban J connectivity index is 0.000000131. The fourth-order valence-corrected chi connectivity index (χ4v) is 2.54. The number of oxazole rings is 1. The van der Waals surface area contributed by atoms with Crippen LogP contribution < -0.4 is 14.2 Å². The van der Waals surface area contributed by atoms with Crippen LogP contribution in [-0.2, 0) is 6.54 Å². The standard InChI is InChI=1S/C9H11NO.C9H10NO/c2*1-2-10-7-11-9-6-4-3-5-8(9)10/h3-6H,2,7H2,1H3;3-7H,2H2,1H3/q;+1. The summed E-state index contributed by atoms with van der Waals surface area (Å²) < 4.78 is 12.8. The van der Waals surface area contributed by atoms with Gasteiger partial charge in [0.25, 0.3) is 5.52 Å². The van der Waals surface area contributed by atoms with E-state index in [9.17, 15) is 0 Å². The number of benzene rings is 2. The number of anilines is 1. The maximum Gasteiger partial charge on any atom is 0.335 e. The molecule has 2 aromatic carbocycles. The Hall–Kier alpha value is -2.49. The second kappa shape index (κ2) is 6.52. The summed E-state index contributed by atoms with van der Waals surface area (Å²) in [6.07, 6.45) is 1.75. The smallest absolute Gasteiger partial charge is 0.335 e. The first-order valence-electron chi connectivity index (χ1n) is 7.66. The van der Waals surface area contributed by atoms with Crippen molar-refractivity contribution in [3.8, 4) is 5.75 Å². The van der Waals surface area contributed by atoms with Gasteiger partial charge in [-0.05, 0) is 32.0 Å². The summed E-state index contributed by atoms with van der Waals surface area (Å²) in [7, 11) is 0. The fourth-order valence-electron chi connectivity index (χ4n) is 2.54. The molecule has 0 radical (unpaired) electrons. The number of aromatic nitrogens is 1. The van der Waals surface area contributed by atoms with E-state index >= 15 is 0 Å². The van der Waals surface area contributed by atoms with Gasteiger partial charge in [-0.15, -0.1) is 0 Å². The number of para-hydroxylation sites is 4. The van der Waals surface area contributed by atoms with Gasteiger partial charge in [-0.3, -0.25) is 0 Å². The van der Waals surface area contributed by atoms with Gasteiger partial charge in [0.2, 0.25) is 5.58 Å². The van der Waals surface area contributed by atoms with Gasteiger partial charge in [0.15, 0.2) is 6.73 Å². The Morgan fingerprint density at radius 1 is 1.05 bits per heavy atom. The van der Waals surface area contributed by atoms with Crippen LogP contribution in [0.2, 0.25) is 0 Å². The fraction of sp³-hybridized carbons (Fsp3) is 0.278. The van der Waals surface area contributed by atoms with Crippen molar-refractivity contribution in [1.29, 1.82) is 0 Å². The molecule has 4 rings (SSSR count). The van der Waals surface area contributed by atoms with E-state index in [0.717, 1.165) is 29.9 Å². The van der Waals surface area contributed by atoms with E-state index in [4.69, 9.17) is 9.15 Å². The summed E-state index contributed by atoms with van der Waals surface area (Å²) in [5, 5.41) is 0. The van der Waals surface area contributed by atoms with Gasteiger partial charge in [0.1, 0.15) is 12.3 Å². The second-order valence-corrected chi connectivity index (χ2v) is 5.07. The molecule has 3 aromatic rings. The van der Waals surface area contributed by atoms with E-state index in [1.807, 2.05) is 36.4 Å². The van der Waals surface area contributed by atoms with E-state index < -0.39 is 0 Å². The molecule has 0 saturated carbocycles. The highest BCUT2D eigenvalue weighted by Crippen LogP contribution is 2.32. The van der Waals surface area contributed by atoms with E-state index in [2.05, 4.69) is 35.4 Å². The lowest BCUT2D eigenvalue weighted by Gasteiger charge is -2.11. The summed E-state index contributed by atoms with van der Waals surface area (Å²) in [5.74, 6) is 1.01. The summed E-state index contributed by atoms with van der Waals surface area (Å²) >= 11 is 0. The van der Waals surface area contributed by atoms with Crippen LogP contribution in [0, 0.1) is 0 Å². The maximum absolute atomic E-state index is 5.43. The minimum absolute atomic E-state index is 0.704. The van der Waals surface area contributed by atoms with Crippen molar-refractivity contribution in [2.24, 2.45) is 0 Å². The highest BCUT2D eigenvalue weighted by molar-refractivity contribution is 5.67. The van der Waals surface area contributed by atoms with Crippen LogP contribution in [0.1, 0.15) is 13.8 Å². The quantitative estimate of drug-likeness (QED) is 0.677. The lowest BCUT2D eigenvalue weighted by molar-refractivity contribution is -0.672. The van der Waals surface area contributed by atoms with Gasteiger partial charge >= 0.3 is 6.39 Å². The Kier molecular flexibility index (Phi) is 4.28. The lowest BCUT2D eigenvalue weighted by atomic mass is 10.3. The van der Waals surface area contributed by atoms with E-state index in [-0.39, 0.29) is 0 Å². The molecule has 22 heavy (non-hydrogen) atoms. The van der Waals surface area contributed by atoms with Gasteiger partial charge in [-0.1, -0.05) is 24.3 Å². The molecule has 0 bridgehead atoms. The lowest BCUT2D eigenvalue weighted by Crippen LogP contribution is -2.29. The Morgan fingerprint density at radius 2 is 1.82 bits per heavy atom. The predicted molar refractivity (Wildman–Crippen MR) is 87.0 cm³/mol. The number of hydrogen-bond donors (Lipinski definition) is 0. The topological polar surface area (TPSA) is 29.5 Å². The third-order valence-corrected chi connectivity index (χ3v) is 3.79. The zero-order valence-corrected chi connectivity index (χ0v) is 13.0. The maximum atomic E-state index is 5.43. The van der Waals surface area contributed by atoms with Crippen molar-refractivity contribution in [3.05, 3.63) is 54.9 Å². The second-order valence-electron chi connectivity index (χ2n) is 5.07. The molecule has 4 nitrogen and oxygen atoms in total. The molecule has 4 heteroatoms. The van der Waals surface area contributed by atoms with Gasteiger partial charge in [-0.25, -0.2) is 0 Å². The average Bonchev–Trinajstić information content (AvgIpc) is 3.19. The van der Waals surface area contributed by atoms with Crippen LogP contribution in [0.4, 0.5) is 5.69 Å². The highest BCUT2D eigenvalue weighted by Gasteiger charge is 2.16. The molecular weight excluding hydrogens is 276 g/mol. The molecule has 114 valence electrons. The molecule has 0 amide bonds. The van der Waals surface area contributed by atoms with Crippen molar-refractivity contribution < 1.29 is 13.7 Å². The Morgan fingerprint density at radius 3 is 2.64 bits per heavy atom. The third kappa shape index (κ3) is 2.77. The van der Waals surface area contributed by atoms with Gasteiger partial charge in [-0.2, -0.15) is 4.57 Å². The number of nitrogens with zero attached hydrogens (tertiary/aromatic N) is 2. The molecule has 2 heterocycles. The monoisotopic (exact) mass is 297 g/mol. The van der Waals surface area contributed by atoms with Crippen LogP contribution in [0.15, 0.2) is 59.3 Å². The molecule has 0 fully saturated rings. The van der Waals surface area contributed by atoms with Crippen molar-refractivity contribution in [2.75, 3.05) is 18.2 Å². The molecule has 1 aliphatic heterocycles. The minimum atomic E-state index is 0.704. The van der Waals surface area contributed by atoms with Crippen LogP contribution in [0.3, 0.4) is 0 Å². The first-order chi connectivity index (χ1) is 10.8. The van der Waals surface area contributed by atoms with E-state index in [0.29, 0.717) is 6.73 Å². The number of aryl methyl sites for hydroxylation is 1. The zero-order valence-electron chi connectivity index (χ0n) is 13.0. The predicted octanol–water partition coefficient (Wildman–Crippen LogP) is 3.60. The summed E-state index contributed by atoms with van der Waals surface area (Å²) in [6, 6.07) is 16.2. The van der Waals surface area contributed by atoms with Crippen LogP contribution >= 0.6 is 0 Å². The number of rotatable bonds is 2. The molecule has 0 saturated heterocycles. The number of hydrogen-bond acceptors (Lipinski definition) is 3. The van der Waals surface area contributed by atoms with Gasteiger partial charge in [0.05, 0.1) is 5.69 Å². The summed E-state index contributed by atoms with van der Waals surface area (Å²) in [4.78, 5) is 2.20. The summed E-state index contributed by atoms with van der Waals surface area (Å²) in [5.41, 5.74) is 3.33. The molecule has 1 aliphatic rings. The first-order valence-corrected chi connectivity index (χ1v) is 7.66. The SMILES string of the molecule is CCN1COc2ccccc21.CC[n+]1coc2ccccc21. The van der Waals surface area contributed by atoms with Gasteiger partial charge in [0, 0.05) is 12.6 Å². The Bertz CT molecular complexity index is 751. The van der Waals surface area contributed by atoms with E-state index in [1.54, 1.807) is 6.39 Å². The van der Waals surface area contributed by atoms with Crippen LogP contribution in [0.5, 0.6) is 5.75 Å². The van der Waals surface area contributed by atoms with Crippen molar-refractivity contribution in [2.45, 2.75) is 20.4 Å². The normalized spacial score (nSPS) is 12.5. The Labute approximate surface area is 130 Å². The number of fused-ring (bicyclic) bond motifs is 2. The van der Waals surface area contributed by atoms with Gasteiger partial charge < -0.3 is 14.1 Å². The van der Waals surface area contributed by atoms with Crippen molar-refractivity contribution in [1.82, 2.24) is 0 Å². The zero-order chi connectivity index (χ0) is 15.4. The molecule has 0 spiro atoms. The summed E-state index contributed by atoms with van der Waals surface area (Å²) in [6.45, 7) is 6.90. The third-order valence-electron chi connectivity index (χ3n) is 3.79. The molecule has 0 unspecified atom stereocenters. The average molecular weight is 297 g/mol. The number of ether oxygens (including phenoxy) is 1. The molecule has 1 aromatic heterocycles. The van der Waals surface area contributed by atoms with Crippen molar-refractivity contribution in [3.63, 3.8) is 0 Å². The molecular formula is C18H21N2O2+. The molecule has 0 aliphatic carbocycles. The molecule has 0 atom stereocenters. The minimum Gasteiger partial charge on any atom is -0.471 e. The van der Waals surface area contributed by atoms with Crippen molar-refractivity contribution >= 4 is 16.8 Å². The first kappa shape index (κ1) is 14.4. The van der Waals surface area contributed by atoms with E-state index in [1.165, 1.54) is 5.69 Å². The van der Waals surface area contributed by atoms with Crippen LogP contribution in [-0.4, -0.2) is 13.3 Å². The highest BCUT2D eigenvalue weighted by atomic mass is 16.5. The van der Waals surface area contributed by atoms with Crippen LogP contribution in [0.25, 0.3) is 11.1 Å². The largest absolute Gasteiger partial charge is 0.471 e.